The number of rotatable bonds is 7. The minimum atomic E-state index is -0.277. The first-order chi connectivity index (χ1) is 12.0. The number of carbonyl (C=O) groups is 1. The van der Waals surface area contributed by atoms with E-state index in [1.807, 2.05) is 67.4 Å². The predicted octanol–water partition coefficient (Wildman–Crippen LogP) is 3.19. The summed E-state index contributed by atoms with van der Waals surface area (Å²) in [5.41, 5.74) is 1.86. The Hall–Kier alpha value is -2.53. The van der Waals surface area contributed by atoms with Gasteiger partial charge in [-0.3, -0.25) is 9.69 Å². The number of ether oxygens (including phenoxy) is 2. The highest BCUT2D eigenvalue weighted by Crippen LogP contribution is 2.31. The van der Waals surface area contributed by atoms with E-state index < -0.39 is 0 Å². The summed E-state index contributed by atoms with van der Waals surface area (Å²) in [4.78, 5) is 16.5. The van der Waals surface area contributed by atoms with Gasteiger partial charge in [-0.05, 0) is 32.2 Å². The highest BCUT2D eigenvalue weighted by atomic mass is 16.5. The lowest BCUT2D eigenvalue weighted by Crippen LogP contribution is -2.44. The van der Waals surface area contributed by atoms with Gasteiger partial charge >= 0.3 is 0 Å². The van der Waals surface area contributed by atoms with Crippen molar-refractivity contribution in [3.05, 3.63) is 54.1 Å². The molecule has 0 aliphatic heterocycles. The number of amides is 1. The molecule has 0 N–H and O–H groups in total. The van der Waals surface area contributed by atoms with Gasteiger partial charge in [0.05, 0.1) is 20.3 Å². The van der Waals surface area contributed by atoms with Crippen LogP contribution in [0.4, 0.5) is 5.69 Å². The van der Waals surface area contributed by atoms with Crippen LogP contribution < -0.4 is 14.4 Å². The van der Waals surface area contributed by atoms with Gasteiger partial charge in [0.2, 0.25) is 5.91 Å². The lowest BCUT2D eigenvalue weighted by molar-refractivity contribution is -0.122. The molecule has 134 valence electrons. The topological polar surface area (TPSA) is 42.0 Å². The summed E-state index contributed by atoms with van der Waals surface area (Å²) in [5, 5.41) is 0. The first kappa shape index (κ1) is 18.8. The van der Waals surface area contributed by atoms with Crippen LogP contribution in [-0.4, -0.2) is 45.2 Å². The maximum atomic E-state index is 12.8. The van der Waals surface area contributed by atoms with E-state index in [4.69, 9.17) is 9.47 Å². The van der Waals surface area contributed by atoms with Crippen molar-refractivity contribution in [1.29, 1.82) is 0 Å². The highest BCUT2D eigenvalue weighted by Gasteiger charge is 2.23. The third-order valence-corrected chi connectivity index (χ3v) is 4.40. The molecule has 1 atom stereocenters. The number of nitrogens with zero attached hydrogens (tertiary/aromatic N) is 2. The van der Waals surface area contributed by atoms with Crippen molar-refractivity contribution in [1.82, 2.24) is 4.90 Å². The minimum Gasteiger partial charge on any atom is -0.493 e. The Kier molecular flexibility index (Phi) is 6.42. The van der Waals surface area contributed by atoms with Gasteiger partial charge in [-0.1, -0.05) is 30.3 Å². The summed E-state index contributed by atoms with van der Waals surface area (Å²) >= 11 is 0. The van der Waals surface area contributed by atoms with Gasteiger partial charge < -0.3 is 14.4 Å². The molecule has 0 bridgehead atoms. The van der Waals surface area contributed by atoms with E-state index >= 15 is 0 Å². The molecule has 0 spiro atoms. The van der Waals surface area contributed by atoms with E-state index in [0.29, 0.717) is 18.0 Å². The molecule has 5 heteroatoms. The average molecular weight is 342 g/mol. The maximum absolute atomic E-state index is 12.8. The molecule has 0 saturated carbocycles. The first-order valence-electron chi connectivity index (χ1n) is 8.22. The summed E-state index contributed by atoms with van der Waals surface area (Å²) in [6.07, 6.45) is 0. The molecule has 25 heavy (non-hydrogen) atoms. The van der Waals surface area contributed by atoms with Crippen molar-refractivity contribution in [3.63, 3.8) is 0 Å². The van der Waals surface area contributed by atoms with Gasteiger partial charge in [-0.25, -0.2) is 0 Å². The van der Waals surface area contributed by atoms with Crippen LogP contribution in [0.25, 0.3) is 0 Å². The number of hydrogen-bond donors (Lipinski definition) is 0. The molecule has 2 aromatic rings. The predicted molar refractivity (Wildman–Crippen MR) is 100 cm³/mol. The molecule has 0 saturated heterocycles. The smallest absolute Gasteiger partial charge is 0.243 e. The SMILES string of the molecule is COc1cccc(CN(C)[C@H](C)C(=O)N(C)c2ccccc2)c1OC. The van der Waals surface area contributed by atoms with Gasteiger partial charge in [-0.2, -0.15) is 0 Å². The van der Waals surface area contributed by atoms with Crippen molar-refractivity contribution in [2.24, 2.45) is 0 Å². The van der Waals surface area contributed by atoms with Gasteiger partial charge in [0.15, 0.2) is 11.5 Å². The van der Waals surface area contributed by atoms with E-state index in [1.165, 1.54) is 0 Å². The molecule has 0 radical (unpaired) electrons. The van der Waals surface area contributed by atoms with Crippen LogP contribution >= 0.6 is 0 Å². The summed E-state index contributed by atoms with van der Waals surface area (Å²) < 4.78 is 10.8. The minimum absolute atomic E-state index is 0.0376. The fourth-order valence-corrected chi connectivity index (χ4v) is 2.73. The molecule has 1 amide bonds. The van der Waals surface area contributed by atoms with Gasteiger partial charge in [0.1, 0.15) is 0 Å². The Morgan fingerprint density at radius 1 is 1.00 bits per heavy atom. The van der Waals surface area contributed by atoms with E-state index in [1.54, 1.807) is 26.2 Å². The Balaban J connectivity index is 2.12. The molecule has 2 rings (SSSR count). The maximum Gasteiger partial charge on any atom is 0.243 e. The molecule has 0 heterocycles. The van der Waals surface area contributed by atoms with Crippen LogP contribution in [0.3, 0.4) is 0 Å². The number of likely N-dealkylation sites (N-methyl/N-ethyl adjacent to an activating group) is 2. The standard InChI is InChI=1S/C20H26N2O3/c1-15(20(23)22(3)17-11-7-6-8-12-17)21(2)14-16-10-9-13-18(24-4)19(16)25-5/h6-13,15H,14H2,1-5H3/t15-/m1/s1. The Morgan fingerprint density at radius 3 is 2.28 bits per heavy atom. The number of para-hydroxylation sites is 2. The molecular weight excluding hydrogens is 316 g/mol. The number of hydrogen-bond acceptors (Lipinski definition) is 4. The summed E-state index contributed by atoms with van der Waals surface area (Å²) in [7, 11) is 6.97. The second kappa shape index (κ2) is 8.53. The van der Waals surface area contributed by atoms with Crippen molar-refractivity contribution < 1.29 is 14.3 Å². The summed E-state index contributed by atoms with van der Waals surface area (Å²) in [6, 6.07) is 15.1. The quantitative estimate of drug-likeness (QED) is 0.775. The summed E-state index contributed by atoms with van der Waals surface area (Å²) in [6.45, 7) is 2.49. The van der Waals surface area contributed by atoms with Crippen molar-refractivity contribution >= 4 is 11.6 Å². The molecule has 0 aromatic heterocycles. The third kappa shape index (κ3) is 4.31. The normalized spacial score (nSPS) is 11.9. The second-order valence-electron chi connectivity index (χ2n) is 5.98. The van der Waals surface area contributed by atoms with Crippen LogP contribution in [0.15, 0.2) is 48.5 Å². The molecule has 5 nitrogen and oxygen atoms in total. The van der Waals surface area contributed by atoms with Crippen LogP contribution in [0.1, 0.15) is 12.5 Å². The van der Waals surface area contributed by atoms with Gasteiger partial charge in [0, 0.05) is 24.8 Å². The van der Waals surface area contributed by atoms with E-state index in [0.717, 1.165) is 11.3 Å². The van der Waals surface area contributed by atoms with Crippen LogP contribution in [-0.2, 0) is 11.3 Å². The number of methoxy groups -OCH3 is 2. The number of anilines is 1. The Morgan fingerprint density at radius 2 is 1.68 bits per heavy atom. The zero-order valence-corrected chi connectivity index (χ0v) is 15.5. The molecule has 0 aliphatic carbocycles. The van der Waals surface area contributed by atoms with E-state index in [-0.39, 0.29) is 11.9 Å². The van der Waals surface area contributed by atoms with Gasteiger partial charge in [0.25, 0.3) is 0 Å². The second-order valence-corrected chi connectivity index (χ2v) is 5.98. The Bertz CT molecular complexity index is 703. The van der Waals surface area contributed by atoms with Crippen LogP contribution in [0.2, 0.25) is 0 Å². The lowest BCUT2D eigenvalue weighted by Gasteiger charge is -2.28. The van der Waals surface area contributed by atoms with Crippen molar-refractivity contribution in [3.8, 4) is 11.5 Å². The monoisotopic (exact) mass is 342 g/mol. The number of carbonyl (C=O) groups excluding carboxylic acids is 1. The fraction of sp³-hybridized carbons (Fsp3) is 0.350. The summed E-state index contributed by atoms with van der Waals surface area (Å²) in [5.74, 6) is 1.43. The van der Waals surface area contributed by atoms with Crippen molar-refractivity contribution in [2.45, 2.75) is 19.5 Å². The molecule has 0 fully saturated rings. The highest BCUT2D eigenvalue weighted by molar-refractivity contribution is 5.96. The third-order valence-electron chi connectivity index (χ3n) is 4.40. The Labute approximate surface area is 149 Å². The fourth-order valence-electron chi connectivity index (χ4n) is 2.73. The first-order valence-corrected chi connectivity index (χ1v) is 8.22. The van der Waals surface area contributed by atoms with Crippen LogP contribution in [0.5, 0.6) is 11.5 Å². The largest absolute Gasteiger partial charge is 0.493 e. The van der Waals surface area contributed by atoms with E-state index in [2.05, 4.69) is 0 Å². The van der Waals surface area contributed by atoms with Crippen LogP contribution in [0, 0.1) is 0 Å². The average Bonchev–Trinajstić information content (AvgIpc) is 2.66. The number of benzene rings is 2. The lowest BCUT2D eigenvalue weighted by atomic mass is 10.1. The van der Waals surface area contributed by atoms with E-state index in [9.17, 15) is 4.79 Å². The molecule has 2 aromatic carbocycles. The zero-order chi connectivity index (χ0) is 18.4. The zero-order valence-electron chi connectivity index (χ0n) is 15.5. The molecule has 0 aliphatic rings. The molecular formula is C20H26N2O3. The van der Waals surface area contributed by atoms with Crippen molar-refractivity contribution in [2.75, 3.05) is 33.2 Å². The molecule has 0 unspecified atom stereocenters. The van der Waals surface area contributed by atoms with Gasteiger partial charge in [-0.15, -0.1) is 0 Å².